The average molecular weight is 340 g/mol. The first-order valence-corrected chi connectivity index (χ1v) is 6.77. The SMILES string of the molecule is Cc1c(N)cc(Br)cc1C(=O)Nc1cccc(Cl)c1. The standard InChI is InChI=1S/C14H12BrClN2O/c1-8-12(5-9(15)6-13(8)17)14(19)18-11-4-2-3-10(16)7-11/h2-7H,17H2,1H3,(H,18,19). The molecule has 98 valence electrons. The van der Waals surface area contributed by atoms with Crippen LogP contribution in [0.15, 0.2) is 40.9 Å². The summed E-state index contributed by atoms with van der Waals surface area (Å²) in [6.45, 7) is 1.81. The zero-order chi connectivity index (χ0) is 14.0. The molecule has 5 heteroatoms. The molecular weight excluding hydrogens is 328 g/mol. The minimum atomic E-state index is -0.215. The van der Waals surface area contributed by atoms with Gasteiger partial charge in [-0.05, 0) is 42.8 Å². The van der Waals surface area contributed by atoms with Crippen molar-refractivity contribution in [3.63, 3.8) is 0 Å². The highest BCUT2D eigenvalue weighted by molar-refractivity contribution is 9.10. The van der Waals surface area contributed by atoms with E-state index in [0.29, 0.717) is 22.0 Å². The number of nitrogens with one attached hydrogen (secondary N) is 1. The molecular formula is C14H12BrClN2O. The molecule has 3 N–H and O–H groups in total. The van der Waals surface area contributed by atoms with Crippen LogP contribution >= 0.6 is 27.5 Å². The summed E-state index contributed by atoms with van der Waals surface area (Å²) in [4.78, 5) is 12.2. The third-order valence-corrected chi connectivity index (χ3v) is 3.43. The van der Waals surface area contributed by atoms with Gasteiger partial charge >= 0.3 is 0 Å². The van der Waals surface area contributed by atoms with E-state index < -0.39 is 0 Å². The van der Waals surface area contributed by atoms with E-state index in [-0.39, 0.29) is 5.91 Å². The monoisotopic (exact) mass is 338 g/mol. The molecule has 0 fully saturated rings. The van der Waals surface area contributed by atoms with Crippen molar-refractivity contribution in [3.8, 4) is 0 Å². The molecule has 0 unspecified atom stereocenters. The van der Waals surface area contributed by atoms with E-state index in [9.17, 15) is 4.79 Å². The fraction of sp³-hybridized carbons (Fsp3) is 0.0714. The molecule has 2 rings (SSSR count). The number of hydrogen-bond acceptors (Lipinski definition) is 2. The Morgan fingerprint density at radius 2 is 2.05 bits per heavy atom. The quantitative estimate of drug-likeness (QED) is 0.804. The van der Waals surface area contributed by atoms with Crippen LogP contribution in [0.25, 0.3) is 0 Å². The summed E-state index contributed by atoms with van der Waals surface area (Å²) in [6, 6.07) is 10.5. The van der Waals surface area contributed by atoms with Crippen molar-refractivity contribution in [2.75, 3.05) is 11.1 Å². The third kappa shape index (κ3) is 3.28. The van der Waals surface area contributed by atoms with Crippen molar-refractivity contribution in [3.05, 3.63) is 57.0 Å². The molecule has 0 aliphatic carbocycles. The molecule has 0 spiro atoms. The molecule has 3 nitrogen and oxygen atoms in total. The van der Waals surface area contributed by atoms with Crippen molar-refractivity contribution >= 4 is 44.8 Å². The molecule has 0 aliphatic heterocycles. The second-order valence-corrected chi connectivity index (χ2v) is 5.48. The maximum atomic E-state index is 12.2. The summed E-state index contributed by atoms with van der Waals surface area (Å²) in [5.41, 5.74) is 8.36. The Morgan fingerprint density at radius 1 is 1.32 bits per heavy atom. The zero-order valence-electron chi connectivity index (χ0n) is 10.2. The lowest BCUT2D eigenvalue weighted by Crippen LogP contribution is -2.14. The van der Waals surface area contributed by atoms with Crippen LogP contribution in [0.5, 0.6) is 0 Å². The predicted molar refractivity (Wildman–Crippen MR) is 82.7 cm³/mol. The van der Waals surface area contributed by atoms with E-state index in [2.05, 4.69) is 21.2 Å². The molecule has 0 saturated heterocycles. The molecule has 2 aromatic rings. The number of hydrogen-bond donors (Lipinski definition) is 2. The largest absolute Gasteiger partial charge is 0.398 e. The van der Waals surface area contributed by atoms with Crippen molar-refractivity contribution in [2.24, 2.45) is 0 Å². The molecule has 0 bridgehead atoms. The highest BCUT2D eigenvalue weighted by atomic mass is 79.9. The number of halogens is 2. The third-order valence-electron chi connectivity index (χ3n) is 2.74. The van der Waals surface area contributed by atoms with Crippen molar-refractivity contribution in [1.82, 2.24) is 0 Å². The van der Waals surface area contributed by atoms with E-state index in [4.69, 9.17) is 17.3 Å². The number of anilines is 2. The molecule has 0 aliphatic rings. The van der Waals surface area contributed by atoms with Gasteiger partial charge in [-0.15, -0.1) is 0 Å². The van der Waals surface area contributed by atoms with Gasteiger partial charge in [-0.2, -0.15) is 0 Å². The molecule has 2 aromatic carbocycles. The lowest BCUT2D eigenvalue weighted by Gasteiger charge is -2.10. The van der Waals surface area contributed by atoms with Crippen molar-refractivity contribution in [2.45, 2.75) is 6.92 Å². The Labute approximate surface area is 124 Å². The maximum Gasteiger partial charge on any atom is 0.256 e. The molecule has 0 heterocycles. The van der Waals surface area contributed by atoms with E-state index in [1.54, 1.807) is 36.4 Å². The van der Waals surface area contributed by atoms with Crippen LogP contribution in [0, 0.1) is 6.92 Å². The van der Waals surface area contributed by atoms with Gasteiger partial charge in [0.05, 0.1) is 0 Å². The lowest BCUT2D eigenvalue weighted by atomic mass is 10.1. The molecule has 0 aromatic heterocycles. The first-order chi connectivity index (χ1) is 8.97. The van der Waals surface area contributed by atoms with Crippen LogP contribution in [0.2, 0.25) is 5.02 Å². The summed E-state index contributed by atoms with van der Waals surface area (Å²) in [5.74, 6) is -0.215. The van der Waals surface area contributed by atoms with Gasteiger partial charge in [0.15, 0.2) is 0 Å². The minimum absolute atomic E-state index is 0.215. The summed E-state index contributed by atoms with van der Waals surface area (Å²) in [6.07, 6.45) is 0. The van der Waals surface area contributed by atoms with Crippen molar-refractivity contribution in [1.29, 1.82) is 0 Å². The van der Waals surface area contributed by atoms with Crippen LogP contribution in [0.3, 0.4) is 0 Å². The Bertz CT molecular complexity index is 643. The normalized spacial score (nSPS) is 10.3. The van der Waals surface area contributed by atoms with E-state index in [1.165, 1.54) is 0 Å². The number of rotatable bonds is 2. The smallest absolute Gasteiger partial charge is 0.256 e. The number of carbonyl (C=O) groups is 1. The van der Waals surface area contributed by atoms with E-state index in [1.807, 2.05) is 6.92 Å². The number of benzene rings is 2. The molecule has 0 radical (unpaired) electrons. The Morgan fingerprint density at radius 3 is 2.74 bits per heavy atom. The van der Waals surface area contributed by atoms with Gasteiger partial charge < -0.3 is 11.1 Å². The molecule has 1 amide bonds. The zero-order valence-corrected chi connectivity index (χ0v) is 12.5. The Kier molecular flexibility index (Phi) is 4.12. The van der Waals surface area contributed by atoms with Crippen LogP contribution in [-0.4, -0.2) is 5.91 Å². The second-order valence-electron chi connectivity index (χ2n) is 4.13. The maximum absolute atomic E-state index is 12.2. The fourth-order valence-electron chi connectivity index (χ4n) is 1.70. The molecule has 0 saturated carbocycles. The first-order valence-electron chi connectivity index (χ1n) is 5.60. The highest BCUT2D eigenvalue weighted by Gasteiger charge is 2.12. The number of amides is 1. The van der Waals surface area contributed by atoms with Crippen LogP contribution in [0.1, 0.15) is 15.9 Å². The Hall–Kier alpha value is -1.52. The molecule has 0 atom stereocenters. The van der Waals surface area contributed by atoms with Crippen LogP contribution in [-0.2, 0) is 0 Å². The Balaban J connectivity index is 2.30. The first kappa shape index (κ1) is 13.9. The van der Waals surface area contributed by atoms with Crippen LogP contribution in [0.4, 0.5) is 11.4 Å². The predicted octanol–water partition coefficient (Wildman–Crippen LogP) is 4.25. The van der Waals surface area contributed by atoms with Gasteiger partial charge in [0, 0.05) is 26.4 Å². The number of nitrogens with two attached hydrogens (primary N) is 1. The summed E-state index contributed by atoms with van der Waals surface area (Å²) in [5, 5.41) is 3.37. The topological polar surface area (TPSA) is 55.1 Å². The fourth-order valence-corrected chi connectivity index (χ4v) is 2.37. The van der Waals surface area contributed by atoms with E-state index >= 15 is 0 Å². The molecule has 19 heavy (non-hydrogen) atoms. The van der Waals surface area contributed by atoms with Crippen LogP contribution < -0.4 is 11.1 Å². The number of carbonyl (C=O) groups excluding carboxylic acids is 1. The van der Waals surface area contributed by atoms with Gasteiger partial charge in [-0.1, -0.05) is 33.6 Å². The minimum Gasteiger partial charge on any atom is -0.398 e. The van der Waals surface area contributed by atoms with Gasteiger partial charge in [-0.25, -0.2) is 0 Å². The van der Waals surface area contributed by atoms with E-state index in [0.717, 1.165) is 10.0 Å². The van der Waals surface area contributed by atoms with Gasteiger partial charge in [0.25, 0.3) is 5.91 Å². The van der Waals surface area contributed by atoms with Gasteiger partial charge in [-0.3, -0.25) is 4.79 Å². The number of nitrogen functional groups attached to an aromatic ring is 1. The second kappa shape index (κ2) is 5.63. The van der Waals surface area contributed by atoms with Gasteiger partial charge in [0.2, 0.25) is 0 Å². The highest BCUT2D eigenvalue weighted by Crippen LogP contribution is 2.24. The van der Waals surface area contributed by atoms with Crippen molar-refractivity contribution < 1.29 is 4.79 Å². The summed E-state index contributed by atoms with van der Waals surface area (Å²) < 4.78 is 0.770. The average Bonchev–Trinajstić information content (AvgIpc) is 2.33. The lowest BCUT2D eigenvalue weighted by molar-refractivity contribution is 0.102. The summed E-state index contributed by atoms with van der Waals surface area (Å²) >= 11 is 9.21. The summed E-state index contributed by atoms with van der Waals surface area (Å²) in [7, 11) is 0. The van der Waals surface area contributed by atoms with Gasteiger partial charge in [0.1, 0.15) is 0 Å².